The molecule has 1 fully saturated rings. The first kappa shape index (κ1) is 12.0. The molecule has 2 aromatic rings. The van der Waals surface area contributed by atoms with Crippen LogP contribution >= 0.6 is 22.7 Å². The maximum Gasteiger partial charge on any atom is 0.116 e. The largest absolute Gasteiger partial charge is 0.301 e. The monoisotopic (exact) mass is 291 g/mol. The Balaban J connectivity index is 1.67. The van der Waals surface area contributed by atoms with Crippen LogP contribution in [0.1, 0.15) is 52.2 Å². The number of aromatic nitrogens is 2. The molecule has 0 aliphatic heterocycles. The fourth-order valence-electron chi connectivity index (χ4n) is 2.62. The van der Waals surface area contributed by atoms with Crippen LogP contribution < -0.4 is 5.32 Å². The lowest BCUT2D eigenvalue weighted by Crippen LogP contribution is -2.23. The van der Waals surface area contributed by atoms with Crippen molar-refractivity contribution in [1.82, 2.24) is 15.3 Å². The first-order valence-corrected chi connectivity index (χ1v) is 8.72. The number of nitrogens with zero attached hydrogens (tertiary/aromatic N) is 2. The number of hydrogen-bond acceptors (Lipinski definition) is 5. The smallest absolute Gasteiger partial charge is 0.116 e. The Kier molecular flexibility index (Phi) is 3.13. The molecule has 1 atom stereocenters. The van der Waals surface area contributed by atoms with Crippen LogP contribution in [-0.4, -0.2) is 16.0 Å². The van der Waals surface area contributed by atoms with Crippen LogP contribution in [0.4, 0.5) is 0 Å². The van der Waals surface area contributed by atoms with E-state index >= 15 is 0 Å². The van der Waals surface area contributed by atoms with Gasteiger partial charge in [-0.15, -0.1) is 22.7 Å². The maximum absolute atomic E-state index is 4.92. The van der Waals surface area contributed by atoms with Crippen LogP contribution in [0.5, 0.6) is 0 Å². The molecule has 3 nitrogen and oxygen atoms in total. The van der Waals surface area contributed by atoms with Gasteiger partial charge in [0.1, 0.15) is 5.01 Å². The maximum atomic E-state index is 4.92. The predicted octanol–water partition coefficient (Wildman–Crippen LogP) is 3.32. The number of fused-ring (bicyclic) bond motifs is 1. The van der Waals surface area contributed by atoms with Crippen molar-refractivity contribution < 1.29 is 0 Å². The summed E-state index contributed by atoms with van der Waals surface area (Å²) in [6, 6.07) is 0.962. The zero-order chi connectivity index (χ0) is 12.7. The molecule has 0 amide bonds. The van der Waals surface area contributed by atoms with Crippen LogP contribution in [0.3, 0.4) is 0 Å². The van der Waals surface area contributed by atoms with Crippen molar-refractivity contribution in [2.75, 3.05) is 0 Å². The van der Waals surface area contributed by atoms with E-state index in [1.54, 1.807) is 11.3 Å². The molecule has 1 saturated carbocycles. The number of aryl methyl sites for hydroxylation is 2. The average Bonchev–Trinajstić information content (AvgIpc) is 2.95. The molecule has 0 radical (unpaired) electrons. The molecule has 2 aliphatic rings. The van der Waals surface area contributed by atoms with Gasteiger partial charge in [0.15, 0.2) is 0 Å². The van der Waals surface area contributed by atoms with E-state index in [0.29, 0.717) is 6.04 Å². The number of nitrogens with one attached hydrogen (secondary N) is 1. The van der Waals surface area contributed by atoms with E-state index in [-0.39, 0.29) is 6.04 Å². The minimum atomic E-state index is 0.274. The number of thiazole rings is 2. The molecule has 5 heteroatoms. The van der Waals surface area contributed by atoms with Crippen molar-refractivity contribution in [3.8, 4) is 0 Å². The summed E-state index contributed by atoms with van der Waals surface area (Å²) in [6.45, 7) is 0. The molecule has 4 rings (SSSR count). The minimum absolute atomic E-state index is 0.274. The third-order valence-corrected chi connectivity index (χ3v) is 5.89. The molecule has 0 bridgehead atoms. The van der Waals surface area contributed by atoms with E-state index < -0.39 is 0 Å². The topological polar surface area (TPSA) is 37.8 Å². The summed E-state index contributed by atoms with van der Waals surface area (Å²) < 4.78 is 0. The van der Waals surface area contributed by atoms with E-state index in [1.807, 2.05) is 23.0 Å². The Morgan fingerprint density at radius 2 is 2.16 bits per heavy atom. The standard InChI is InChI=1S/C14H17N3S2/c1-2-4-11-10(3-1)17-14(19-11)13(16-9-5-6-9)12-7-15-8-18-12/h7-9,13,16H,1-6H2. The van der Waals surface area contributed by atoms with Gasteiger partial charge in [0, 0.05) is 22.0 Å². The van der Waals surface area contributed by atoms with Gasteiger partial charge in [-0.1, -0.05) is 0 Å². The highest BCUT2D eigenvalue weighted by Gasteiger charge is 2.29. The second-order valence-electron chi connectivity index (χ2n) is 5.41. The summed E-state index contributed by atoms with van der Waals surface area (Å²) in [4.78, 5) is 12.0. The first-order valence-electron chi connectivity index (χ1n) is 7.03. The Hall–Kier alpha value is -0.780. The van der Waals surface area contributed by atoms with Crippen LogP contribution in [0, 0.1) is 0 Å². The van der Waals surface area contributed by atoms with E-state index in [2.05, 4.69) is 10.3 Å². The third-order valence-electron chi connectivity index (χ3n) is 3.82. The summed E-state index contributed by atoms with van der Waals surface area (Å²) in [5.41, 5.74) is 3.28. The van der Waals surface area contributed by atoms with Gasteiger partial charge in [0.25, 0.3) is 0 Å². The summed E-state index contributed by atoms with van der Waals surface area (Å²) in [7, 11) is 0. The Bertz CT molecular complexity index is 534. The van der Waals surface area contributed by atoms with Crippen molar-refractivity contribution >= 4 is 22.7 Å². The quantitative estimate of drug-likeness (QED) is 0.939. The van der Waals surface area contributed by atoms with Gasteiger partial charge in [-0.05, 0) is 38.5 Å². The molecule has 19 heavy (non-hydrogen) atoms. The summed E-state index contributed by atoms with van der Waals surface area (Å²) in [5.74, 6) is 0. The van der Waals surface area contributed by atoms with Crippen LogP contribution in [0.2, 0.25) is 0 Å². The van der Waals surface area contributed by atoms with Gasteiger partial charge >= 0.3 is 0 Å². The number of rotatable bonds is 4. The molecule has 2 heterocycles. The van der Waals surface area contributed by atoms with Crippen molar-refractivity contribution in [2.45, 2.75) is 50.6 Å². The van der Waals surface area contributed by atoms with Crippen molar-refractivity contribution in [1.29, 1.82) is 0 Å². The van der Waals surface area contributed by atoms with Crippen LogP contribution in [0.25, 0.3) is 0 Å². The summed E-state index contributed by atoms with van der Waals surface area (Å²) >= 11 is 3.65. The fraction of sp³-hybridized carbons (Fsp3) is 0.571. The predicted molar refractivity (Wildman–Crippen MR) is 78.9 cm³/mol. The van der Waals surface area contributed by atoms with Crippen molar-refractivity contribution in [2.24, 2.45) is 0 Å². The molecule has 1 N–H and O–H groups in total. The fourth-order valence-corrected chi connectivity index (χ4v) is 4.61. The highest BCUT2D eigenvalue weighted by molar-refractivity contribution is 7.12. The van der Waals surface area contributed by atoms with E-state index in [9.17, 15) is 0 Å². The molecule has 0 spiro atoms. The molecular formula is C14H17N3S2. The van der Waals surface area contributed by atoms with Crippen LogP contribution in [0.15, 0.2) is 11.7 Å². The molecule has 100 valence electrons. The zero-order valence-corrected chi connectivity index (χ0v) is 12.4. The van der Waals surface area contributed by atoms with E-state index in [1.165, 1.54) is 59.0 Å². The Morgan fingerprint density at radius 3 is 2.89 bits per heavy atom. The molecular weight excluding hydrogens is 274 g/mol. The normalized spacial score (nSPS) is 20.2. The lowest BCUT2D eigenvalue weighted by Gasteiger charge is -2.13. The molecule has 2 aliphatic carbocycles. The Morgan fingerprint density at radius 1 is 1.26 bits per heavy atom. The van der Waals surface area contributed by atoms with Crippen LogP contribution in [-0.2, 0) is 12.8 Å². The minimum Gasteiger partial charge on any atom is -0.301 e. The molecule has 1 unspecified atom stereocenters. The molecule has 0 aromatic carbocycles. The second-order valence-corrected chi connectivity index (χ2v) is 7.44. The lowest BCUT2D eigenvalue weighted by atomic mass is 10.0. The second kappa shape index (κ2) is 4.96. The third kappa shape index (κ3) is 2.47. The molecule has 2 aromatic heterocycles. The highest BCUT2D eigenvalue weighted by Crippen LogP contribution is 2.35. The van der Waals surface area contributed by atoms with Gasteiger partial charge in [-0.25, -0.2) is 4.98 Å². The van der Waals surface area contributed by atoms with E-state index in [0.717, 1.165) is 0 Å². The first-order chi connectivity index (χ1) is 9.40. The molecule has 0 saturated heterocycles. The summed E-state index contributed by atoms with van der Waals surface area (Å²) in [6.07, 6.45) is 9.63. The Labute approximate surface area is 121 Å². The number of hydrogen-bond donors (Lipinski definition) is 1. The van der Waals surface area contributed by atoms with Crippen molar-refractivity contribution in [3.05, 3.63) is 32.2 Å². The highest BCUT2D eigenvalue weighted by atomic mass is 32.1. The lowest BCUT2D eigenvalue weighted by molar-refractivity contribution is 0.601. The van der Waals surface area contributed by atoms with Gasteiger partial charge in [-0.3, -0.25) is 4.98 Å². The van der Waals surface area contributed by atoms with Crippen molar-refractivity contribution in [3.63, 3.8) is 0 Å². The van der Waals surface area contributed by atoms with Gasteiger partial charge < -0.3 is 5.32 Å². The zero-order valence-electron chi connectivity index (χ0n) is 10.8. The van der Waals surface area contributed by atoms with Gasteiger partial charge in [0.05, 0.1) is 17.2 Å². The van der Waals surface area contributed by atoms with Gasteiger partial charge in [-0.2, -0.15) is 0 Å². The van der Waals surface area contributed by atoms with E-state index in [4.69, 9.17) is 4.98 Å². The van der Waals surface area contributed by atoms with Gasteiger partial charge in [0.2, 0.25) is 0 Å². The SMILES string of the molecule is c1ncc(C(NC2CC2)c2nc3c(s2)CCCC3)s1. The summed E-state index contributed by atoms with van der Waals surface area (Å²) in [5, 5.41) is 4.99. The average molecular weight is 291 g/mol.